The molecular weight excluding hydrogens is 304 g/mol. The van der Waals surface area contributed by atoms with E-state index in [4.69, 9.17) is 9.72 Å². The third kappa shape index (κ3) is 2.53. The van der Waals surface area contributed by atoms with Crippen molar-refractivity contribution in [3.8, 4) is 0 Å². The molecule has 1 aliphatic heterocycles. The lowest BCUT2D eigenvalue weighted by atomic mass is 10.1. The first kappa shape index (κ1) is 15.1. The average molecular weight is 324 g/mol. The topological polar surface area (TPSA) is 69.0 Å². The van der Waals surface area contributed by atoms with Gasteiger partial charge in [-0.1, -0.05) is 11.6 Å². The van der Waals surface area contributed by atoms with Gasteiger partial charge in [-0.25, -0.2) is 9.67 Å². The summed E-state index contributed by atoms with van der Waals surface area (Å²) in [6.45, 7) is 5.41. The van der Waals surface area contributed by atoms with Crippen molar-refractivity contribution in [2.24, 2.45) is 0 Å². The van der Waals surface area contributed by atoms with Gasteiger partial charge in [0.25, 0.3) is 5.91 Å². The first-order chi connectivity index (χ1) is 11.7. The van der Waals surface area contributed by atoms with E-state index in [1.54, 1.807) is 0 Å². The highest BCUT2D eigenvalue weighted by atomic mass is 16.5. The maximum atomic E-state index is 12.4. The minimum atomic E-state index is -0.373. The number of anilines is 1. The molecule has 1 atom stereocenters. The van der Waals surface area contributed by atoms with E-state index in [1.165, 1.54) is 5.56 Å². The van der Waals surface area contributed by atoms with E-state index in [0.717, 1.165) is 34.8 Å². The summed E-state index contributed by atoms with van der Waals surface area (Å²) in [6.07, 6.45) is 1.31. The van der Waals surface area contributed by atoms with Crippen LogP contribution in [0, 0.1) is 6.92 Å². The van der Waals surface area contributed by atoms with Gasteiger partial charge in [0.2, 0.25) is 0 Å². The Morgan fingerprint density at radius 1 is 1.42 bits per heavy atom. The lowest BCUT2D eigenvalue weighted by molar-refractivity contribution is -0.124. The number of rotatable bonds is 3. The fraction of sp³-hybridized carbons (Fsp3) is 0.389. The summed E-state index contributed by atoms with van der Waals surface area (Å²) in [5, 5.41) is 9.37. The van der Waals surface area contributed by atoms with Gasteiger partial charge in [-0.05, 0) is 44.9 Å². The molecule has 0 spiro atoms. The summed E-state index contributed by atoms with van der Waals surface area (Å²) >= 11 is 0. The Morgan fingerprint density at radius 2 is 2.29 bits per heavy atom. The minimum absolute atomic E-state index is 0.125. The average Bonchev–Trinajstić information content (AvgIpc) is 3.21. The zero-order valence-corrected chi connectivity index (χ0v) is 13.9. The van der Waals surface area contributed by atoms with Crippen molar-refractivity contribution in [2.45, 2.75) is 39.3 Å². The summed E-state index contributed by atoms with van der Waals surface area (Å²) in [4.78, 5) is 17.1. The molecule has 4 rings (SSSR count). The van der Waals surface area contributed by atoms with Crippen LogP contribution in [0.15, 0.2) is 24.3 Å². The first-order valence-corrected chi connectivity index (χ1v) is 8.36. The van der Waals surface area contributed by atoms with Crippen molar-refractivity contribution in [2.75, 3.05) is 11.9 Å². The molecule has 1 amide bonds. The van der Waals surface area contributed by atoms with Crippen LogP contribution in [0.25, 0.3) is 21.9 Å². The lowest BCUT2D eigenvalue weighted by Gasteiger charge is -2.08. The number of nitrogens with one attached hydrogen (secondary N) is 1. The molecule has 2 aromatic heterocycles. The van der Waals surface area contributed by atoms with E-state index < -0.39 is 0 Å². The van der Waals surface area contributed by atoms with Crippen molar-refractivity contribution in [1.29, 1.82) is 0 Å². The van der Waals surface area contributed by atoms with Gasteiger partial charge in [-0.3, -0.25) is 4.79 Å². The zero-order valence-electron chi connectivity index (χ0n) is 13.9. The van der Waals surface area contributed by atoms with Gasteiger partial charge in [-0.15, -0.1) is 0 Å². The second-order valence-corrected chi connectivity index (χ2v) is 6.21. The molecule has 124 valence electrons. The van der Waals surface area contributed by atoms with Gasteiger partial charge < -0.3 is 10.1 Å². The fourth-order valence-corrected chi connectivity index (χ4v) is 3.17. The fourth-order valence-electron chi connectivity index (χ4n) is 3.17. The number of fused-ring (bicyclic) bond motifs is 2. The molecule has 6 heteroatoms. The minimum Gasteiger partial charge on any atom is -0.368 e. The summed E-state index contributed by atoms with van der Waals surface area (Å²) in [5.74, 6) is 0.433. The summed E-state index contributed by atoms with van der Waals surface area (Å²) in [7, 11) is 0. The van der Waals surface area contributed by atoms with E-state index in [-0.39, 0.29) is 12.0 Å². The number of benzene rings is 1. The Labute approximate surface area is 139 Å². The molecule has 1 N–H and O–H groups in total. The van der Waals surface area contributed by atoms with Crippen LogP contribution >= 0.6 is 0 Å². The van der Waals surface area contributed by atoms with Crippen LogP contribution in [0.5, 0.6) is 0 Å². The number of nitrogens with zero attached hydrogens (tertiary/aromatic N) is 3. The van der Waals surface area contributed by atoms with E-state index in [1.807, 2.05) is 23.7 Å². The number of amides is 1. The molecule has 1 aliphatic rings. The van der Waals surface area contributed by atoms with E-state index in [0.29, 0.717) is 19.0 Å². The monoisotopic (exact) mass is 324 g/mol. The molecule has 3 aromatic rings. The molecule has 24 heavy (non-hydrogen) atoms. The van der Waals surface area contributed by atoms with E-state index in [9.17, 15) is 4.79 Å². The number of carbonyl (C=O) groups excluding carboxylic acids is 1. The third-order valence-electron chi connectivity index (χ3n) is 4.43. The van der Waals surface area contributed by atoms with Crippen molar-refractivity contribution < 1.29 is 9.53 Å². The molecule has 0 unspecified atom stereocenters. The molecule has 6 nitrogen and oxygen atoms in total. The second-order valence-electron chi connectivity index (χ2n) is 6.21. The van der Waals surface area contributed by atoms with E-state index >= 15 is 0 Å². The van der Waals surface area contributed by atoms with Crippen LogP contribution < -0.4 is 5.32 Å². The number of hydrogen-bond acceptors (Lipinski definition) is 4. The molecule has 0 radical (unpaired) electrons. The summed E-state index contributed by atoms with van der Waals surface area (Å²) in [5.41, 5.74) is 2.90. The number of hydrogen-bond donors (Lipinski definition) is 1. The van der Waals surface area contributed by atoms with E-state index in [2.05, 4.69) is 29.5 Å². The number of pyridine rings is 1. The predicted octanol–water partition coefficient (Wildman–Crippen LogP) is 3.03. The summed E-state index contributed by atoms with van der Waals surface area (Å²) in [6, 6.07) is 8.21. The highest BCUT2D eigenvalue weighted by Gasteiger charge is 2.25. The lowest BCUT2D eigenvalue weighted by Crippen LogP contribution is -2.27. The second kappa shape index (κ2) is 5.87. The Kier molecular flexibility index (Phi) is 3.69. The number of ether oxygens (including phenoxy) is 1. The smallest absolute Gasteiger partial charge is 0.254 e. The van der Waals surface area contributed by atoms with Crippen LogP contribution in [-0.2, 0) is 16.1 Å². The van der Waals surface area contributed by atoms with Gasteiger partial charge in [0.1, 0.15) is 6.10 Å². The first-order valence-electron chi connectivity index (χ1n) is 8.36. The molecule has 0 bridgehead atoms. The van der Waals surface area contributed by atoms with Gasteiger partial charge in [0, 0.05) is 18.5 Å². The van der Waals surface area contributed by atoms with Crippen molar-refractivity contribution in [3.05, 3.63) is 29.8 Å². The largest absolute Gasteiger partial charge is 0.368 e. The third-order valence-corrected chi connectivity index (χ3v) is 4.43. The van der Waals surface area contributed by atoms with Crippen LogP contribution in [0.4, 0.5) is 5.82 Å². The Balaban J connectivity index is 1.80. The Hall–Kier alpha value is -2.47. The summed E-state index contributed by atoms with van der Waals surface area (Å²) < 4.78 is 7.28. The molecule has 1 aromatic carbocycles. The Bertz CT molecular complexity index is 926. The number of aryl methyl sites for hydroxylation is 2. The number of carbonyl (C=O) groups is 1. The highest BCUT2D eigenvalue weighted by molar-refractivity contribution is 6.03. The van der Waals surface area contributed by atoms with Crippen molar-refractivity contribution >= 4 is 33.7 Å². The molecule has 0 saturated carbocycles. The molecule has 0 aliphatic carbocycles. The van der Waals surface area contributed by atoms with Crippen LogP contribution in [0.2, 0.25) is 0 Å². The van der Waals surface area contributed by atoms with Crippen molar-refractivity contribution in [3.63, 3.8) is 0 Å². The SMILES string of the molecule is CCn1nc(NC(=O)[C@@H]2CCCO2)c2cc3cc(C)ccc3nc21. The maximum absolute atomic E-state index is 12.4. The normalized spacial score (nSPS) is 17.7. The zero-order chi connectivity index (χ0) is 16.7. The van der Waals surface area contributed by atoms with Crippen molar-refractivity contribution in [1.82, 2.24) is 14.8 Å². The van der Waals surface area contributed by atoms with Crippen LogP contribution in [0.3, 0.4) is 0 Å². The van der Waals surface area contributed by atoms with Gasteiger partial charge in [0.15, 0.2) is 11.5 Å². The predicted molar refractivity (Wildman–Crippen MR) is 93.0 cm³/mol. The highest BCUT2D eigenvalue weighted by Crippen LogP contribution is 2.27. The maximum Gasteiger partial charge on any atom is 0.254 e. The Morgan fingerprint density at radius 3 is 3.04 bits per heavy atom. The van der Waals surface area contributed by atoms with Crippen LogP contribution in [0.1, 0.15) is 25.3 Å². The molecule has 1 fully saturated rings. The van der Waals surface area contributed by atoms with Gasteiger partial charge in [0.05, 0.1) is 10.9 Å². The standard InChI is InChI=1S/C18H20N4O2/c1-3-22-17-13(10-12-9-11(2)6-7-14(12)19-17)16(21-22)20-18(23)15-5-4-8-24-15/h6-7,9-10,15H,3-5,8H2,1-2H3,(H,20,21,23)/t15-/m0/s1. The quantitative estimate of drug-likeness (QED) is 0.804. The van der Waals surface area contributed by atoms with Crippen LogP contribution in [-0.4, -0.2) is 33.4 Å². The molecular formula is C18H20N4O2. The molecule has 3 heterocycles. The van der Waals surface area contributed by atoms with Gasteiger partial charge >= 0.3 is 0 Å². The number of aromatic nitrogens is 3. The molecule has 1 saturated heterocycles. The van der Waals surface area contributed by atoms with Gasteiger partial charge in [-0.2, -0.15) is 5.10 Å².